The van der Waals surface area contributed by atoms with Gasteiger partial charge in [-0.25, -0.2) is 9.59 Å². The molecule has 1 aliphatic heterocycles. The summed E-state index contributed by atoms with van der Waals surface area (Å²) in [6, 6.07) is 12.0. The minimum Gasteiger partial charge on any atom is -0.497 e. The molecule has 2 heterocycles. The average molecular weight is 436 g/mol. The molecule has 0 saturated heterocycles. The van der Waals surface area contributed by atoms with Gasteiger partial charge >= 0.3 is 11.6 Å². The first-order valence-corrected chi connectivity index (χ1v) is 10.2. The predicted molar refractivity (Wildman–Crippen MR) is 119 cm³/mol. The summed E-state index contributed by atoms with van der Waals surface area (Å²) in [6.07, 6.45) is 2.98. The fraction of sp³-hybridized carbons (Fsp3) is 0.280. The normalized spacial score (nSPS) is 16.9. The van der Waals surface area contributed by atoms with Crippen LogP contribution in [0, 0.1) is 0 Å². The first-order chi connectivity index (χ1) is 15.3. The molecule has 3 aromatic rings. The van der Waals surface area contributed by atoms with Gasteiger partial charge in [-0.2, -0.15) is 0 Å². The van der Waals surface area contributed by atoms with Crippen molar-refractivity contribution in [3.8, 4) is 17.2 Å². The van der Waals surface area contributed by atoms with Crippen LogP contribution in [0.1, 0.15) is 25.0 Å². The van der Waals surface area contributed by atoms with E-state index in [1.54, 1.807) is 50.6 Å². The highest BCUT2D eigenvalue weighted by molar-refractivity contribution is 5.88. The number of benzene rings is 2. The molecule has 7 heteroatoms. The van der Waals surface area contributed by atoms with E-state index in [0.29, 0.717) is 29.3 Å². The lowest BCUT2D eigenvalue weighted by molar-refractivity contribution is -0.155. The van der Waals surface area contributed by atoms with E-state index in [-0.39, 0.29) is 0 Å². The molecule has 0 N–H and O–H groups in total. The molecule has 0 aliphatic carbocycles. The van der Waals surface area contributed by atoms with Crippen LogP contribution in [-0.4, -0.2) is 31.9 Å². The Balaban J connectivity index is 1.53. The number of rotatable bonds is 5. The number of esters is 1. The average Bonchev–Trinajstić information content (AvgIpc) is 2.76. The van der Waals surface area contributed by atoms with Crippen molar-refractivity contribution in [1.82, 2.24) is 0 Å². The lowest BCUT2D eigenvalue weighted by Crippen LogP contribution is -2.48. The van der Waals surface area contributed by atoms with Gasteiger partial charge < -0.3 is 23.4 Å². The molecule has 2 aromatic carbocycles. The Labute approximate surface area is 185 Å². The van der Waals surface area contributed by atoms with Crippen LogP contribution in [0.25, 0.3) is 17.0 Å². The van der Waals surface area contributed by atoms with Gasteiger partial charge in [0.2, 0.25) is 0 Å². The molecule has 1 unspecified atom stereocenters. The van der Waals surface area contributed by atoms with Gasteiger partial charge in [-0.15, -0.1) is 0 Å². The molecule has 4 rings (SSSR count). The van der Waals surface area contributed by atoms with E-state index >= 15 is 0 Å². The van der Waals surface area contributed by atoms with E-state index in [1.807, 2.05) is 19.9 Å². The highest BCUT2D eigenvalue weighted by atomic mass is 16.6. The van der Waals surface area contributed by atoms with E-state index in [2.05, 4.69) is 0 Å². The van der Waals surface area contributed by atoms with Crippen LogP contribution >= 0.6 is 0 Å². The zero-order valence-electron chi connectivity index (χ0n) is 18.3. The third-order valence-electron chi connectivity index (χ3n) is 5.45. The molecular weight excluding hydrogens is 412 g/mol. The number of ether oxygens (including phenoxy) is 4. The van der Waals surface area contributed by atoms with E-state index in [1.165, 1.54) is 12.1 Å². The van der Waals surface area contributed by atoms with Gasteiger partial charge in [-0.05, 0) is 49.8 Å². The van der Waals surface area contributed by atoms with Crippen molar-refractivity contribution in [2.45, 2.75) is 32.0 Å². The number of carbonyl (C=O) groups excluding carboxylic acids is 1. The van der Waals surface area contributed by atoms with Gasteiger partial charge in [0.1, 0.15) is 34.5 Å². The third kappa shape index (κ3) is 4.32. The quantitative estimate of drug-likeness (QED) is 0.337. The second kappa shape index (κ2) is 8.42. The summed E-state index contributed by atoms with van der Waals surface area (Å²) in [5.74, 6) is 1.37. The maximum Gasteiger partial charge on any atom is 0.336 e. The maximum atomic E-state index is 12.6. The van der Waals surface area contributed by atoms with E-state index in [4.69, 9.17) is 23.4 Å². The van der Waals surface area contributed by atoms with E-state index < -0.39 is 23.3 Å². The van der Waals surface area contributed by atoms with E-state index in [9.17, 15) is 9.59 Å². The van der Waals surface area contributed by atoms with Crippen LogP contribution < -0.4 is 19.8 Å². The Hall–Kier alpha value is -3.74. The van der Waals surface area contributed by atoms with Crippen molar-refractivity contribution in [2.24, 2.45) is 0 Å². The van der Waals surface area contributed by atoms with Gasteiger partial charge in [0, 0.05) is 41.6 Å². The van der Waals surface area contributed by atoms with Gasteiger partial charge in [0.25, 0.3) is 0 Å². The molecule has 1 aliphatic rings. The van der Waals surface area contributed by atoms with Crippen LogP contribution in [0.4, 0.5) is 0 Å². The highest BCUT2D eigenvalue weighted by Crippen LogP contribution is 2.37. The fourth-order valence-electron chi connectivity index (χ4n) is 3.67. The fourth-order valence-corrected chi connectivity index (χ4v) is 3.67. The predicted octanol–water partition coefficient (Wildman–Crippen LogP) is 4.15. The molecule has 0 fully saturated rings. The lowest BCUT2D eigenvalue weighted by atomic mass is 9.90. The second-order valence-corrected chi connectivity index (χ2v) is 8.03. The first-order valence-electron chi connectivity index (χ1n) is 10.2. The van der Waals surface area contributed by atoms with Gasteiger partial charge in [-0.1, -0.05) is 0 Å². The third-order valence-corrected chi connectivity index (χ3v) is 5.45. The number of hydrogen-bond donors (Lipinski definition) is 0. The van der Waals surface area contributed by atoms with Crippen LogP contribution in [-0.2, 0) is 16.0 Å². The molecule has 32 heavy (non-hydrogen) atoms. The number of fused-ring (bicyclic) bond motifs is 2. The summed E-state index contributed by atoms with van der Waals surface area (Å²) in [5, 5.41) is 0.781. The van der Waals surface area contributed by atoms with Crippen molar-refractivity contribution < 1.29 is 28.2 Å². The van der Waals surface area contributed by atoms with Crippen molar-refractivity contribution in [3.63, 3.8) is 0 Å². The monoisotopic (exact) mass is 436 g/mol. The van der Waals surface area contributed by atoms with Crippen molar-refractivity contribution >= 4 is 23.0 Å². The summed E-state index contributed by atoms with van der Waals surface area (Å²) in [6.45, 7) is 3.71. The molecule has 0 bridgehead atoms. The maximum absolute atomic E-state index is 12.6. The van der Waals surface area contributed by atoms with Crippen LogP contribution in [0.15, 0.2) is 57.8 Å². The number of methoxy groups -OCH3 is 2. The number of hydrogen-bond acceptors (Lipinski definition) is 7. The van der Waals surface area contributed by atoms with Crippen LogP contribution in [0.5, 0.6) is 17.2 Å². The molecule has 1 aromatic heterocycles. The molecule has 0 amide bonds. The molecular formula is C25H24O7. The van der Waals surface area contributed by atoms with Gasteiger partial charge in [-0.3, -0.25) is 0 Å². The summed E-state index contributed by atoms with van der Waals surface area (Å²) in [5.41, 5.74) is 0.877. The Bertz CT molecular complexity index is 1250. The SMILES string of the molecule is COc1ccc(/C=C/C(=O)OC2Cc3cc4ccc(=O)oc4cc3OC2(C)C)c(OC)c1. The van der Waals surface area contributed by atoms with Crippen LogP contribution in [0.3, 0.4) is 0 Å². The minimum atomic E-state index is -0.767. The van der Waals surface area contributed by atoms with Crippen molar-refractivity contribution in [2.75, 3.05) is 14.2 Å². The largest absolute Gasteiger partial charge is 0.497 e. The standard InChI is InChI=1S/C25H24O7/c1-25(2)22(12-17-11-16-7-10-23(26)30-20(16)14-21(17)32-25)31-24(27)9-6-15-5-8-18(28-3)13-19(15)29-4/h5-11,13-14,22H,12H2,1-4H3/b9-6+. The Morgan fingerprint density at radius 1 is 1.09 bits per heavy atom. The number of carbonyl (C=O) groups is 1. The molecule has 0 spiro atoms. The topological polar surface area (TPSA) is 84.2 Å². The van der Waals surface area contributed by atoms with Gasteiger partial charge in [0.15, 0.2) is 0 Å². The summed E-state index contributed by atoms with van der Waals surface area (Å²) in [7, 11) is 3.13. The second-order valence-electron chi connectivity index (χ2n) is 8.03. The van der Waals surface area contributed by atoms with Crippen molar-refractivity contribution in [1.29, 1.82) is 0 Å². The smallest absolute Gasteiger partial charge is 0.336 e. The molecule has 0 saturated carbocycles. The van der Waals surface area contributed by atoms with Crippen molar-refractivity contribution in [3.05, 3.63) is 70.1 Å². The summed E-state index contributed by atoms with van der Waals surface area (Å²) < 4.78 is 27.6. The summed E-state index contributed by atoms with van der Waals surface area (Å²) in [4.78, 5) is 24.1. The molecule has 7 nitrogen and oxygen atoms in total. The zero-order valence-corrected chi connectivity index (χ0v) is 18.3. The first kappa shape index (κ1) is 21.5. The lowest BCUT2D eigenvalue weighted by Gasteiger charge is -2.39. The Kier molecular flexibility index (Phi) is 5.65. The Morgan fingerprint density at radius 2 is 1.91 bits per heavy atom. The molecule has 0 radical (unpaired) electrons. The van der Waals surface area contributed by atoms with Gasteiger partial charge in [0.05, 0.1) is 14.2 Å². The highest BCUT2D eigenvalue weighted by Gasteiger charge is 2.39. The molecule has 166 valence electrons. The summed E-state index contributed by atoms with van der Waals surface area (Å²) >= 11 is 0. The van der Waals surface area contributed by atoms with E-state index in [0.717, 1.165) is 16.5 Å². The molecule has 1 atom stereocenters. The minimum absolute atomic E-state index is 0.417. The zero-order chi connectivity index (χ0) is 22.9. The Morgan fingerprint density at radius 3 is 2.66 bits per heavy atom. The van der Waals surface area contributed by atoms with Crippen LogP contribution in [0.2, 0.25) is 0 Å².